The third kappa shape index (κ3) is 2.80. The Balaban J connectivity index is 1.76. The standard InChI is InChI=1S/C20H25N3O/c1-13-4-7-17-15(10-13)16(11-18(22-17)14-5-6-14)19(24)23-20(12-21)8-2-3-9-20/h4,7,10-11,14H,2-3,5-6,8-9,12,21H2,1H3,(H,23,24). The number of fused-ring (bicyclic) bond motifs is 1. The summed E-state index contributed by atoms with van der Waals surface area (Å²) < 4.78 is 0. The first-order valence-electron chi connectivity index (χ1n) is 9.04. The quantitative estimate of drug-likeness (QED) is 0.906. The Hall–Kier alpha value is -1.94. The highest BCUT2D eigenvalue weighted by molar-refractivity contribution is 6.06. The van der Waals surface area contributed by atoms with Crippen LogP contribution in [0, 0.1) is 6.92 Å². The monoisotopic (exact) mass is 323 g/mol. The fourth-order valence-electron chi connectivity index (χ4n) is 3.88. The topological polar surface area (TPSA) is 68.0 Å². The number of carbonyl (C=O) groups is 1. The second kappa shape index (κ2) is 5.85. The van der Waals surface area contributed by atoms with E-state index in [-0.39, 0.29) is 11.4 Å². The van der Waals surface area contributed by atoms with Crippen LogP contribution in [-0.4, -0.2) is 23.0 Å². The summed E-state index contributed by atoms with van der Waals surface area (Å²) in [5, 5.41) is 4.21. The van der Waals surface area contributed by atoms with E-state index in [4.69, 9.17) is 10.7 Å². The fraction of sp³-hybridized carbons (Fsp3) is 0.500. The van der Waals surface area contributed by atoms with Crippen LogP contribution in [0.3, 0.4) is 0 Å². The van der Waals surface area contributed by atoms with Gasteiger partial charge in [0.15, 0.2) is 0 Å². The molecule has 1 aromatic heterocycles. The zero-order valence-electron chi connectivity index (χ0n) is 14.3. The number of nitrogens with two attached hydrogens (primary N) is 1. The number of benzene rings is 1. The SMILES string of the molecule is Cc1ccc2nc(C3CC3)cc(C(=O)NC3(CN)CCCC3)c2c1. The molecule has 2 aromatic rings. The van der Waals surface area contributed by atoms with E-state index in [0.717, 1.165) is 53.4 Å². The minimum absolute atomic E-state index is 0.00208. The lowest BCUT2D eigenvalue weighted by Crippen LogP contribution is -2.51. The van der Waals surface area contributed by atoms with Crippen LogP contribution in [0.25, 0.3) is 10.9 Å². The Morgan fingerprint density at radius 1 is 1.29 bits per heavy atom. The molecule has 2 saturated carbocycles. The molecule has 1 amide bonds. The minimum Gasteiger partial charge on any atom is -0.345 e. The molecule has 0 bridgehead atoms. The van der Waals surface area contributed by atoms with Gasteiger partial charge >= 0.3 is 0 Å². The molecule has 2 aliphatic rings. The van der Waals surface area contributed by atoms with Crippen molar-refractivity contribution in [3.8, 4) is 0 Å². The van der Waals surface area contributed by atoms with Gasteiger partial charge in [0.05, 0.1) is 16.6 Å². The molecule has 0 saturated heterocycles. The van der Waals surface area contributed by atoms with E-state index in [1.54, 1.807) is 0 Å². The zero-order chi connectivity index (χ0) is 16.7. The van der Waals surface area contributed by atoms with Crippen molar-refractivity contribution in [2.45, 2.75) is 56.9 Å². The predicted molar refractivity (Wildman–Crippen MR) is 96.2 cm³/mol. The van der Waals surface area contributed by atoms with Crippen LogP contribution in [0.4, 0.5) is 0 Å². The molecule has 2 fully saturated rings. The smallest absolute Gasteiger partial charge is 0.252 e. The molecule has 1 heterocycles. The molecule has 2 aliphatic carbocycles. The minimum atomic E-state index is -0.226. The highest BCUT2D eigenvalue weighted by Crippen LogP contribution is 2.40. The summed E-state index contributed by atoms with van der Waals surface area (Å²) in [5.74, 6) is 0.527. The van der Waals surface area contributed by atoms with Gasteiger partial charge < -0.3 is 11.1 Å². The van der Waals surface area contributed by atoms with Crippen molar-refractivity contribution >= 4 is 16.8 Å². The first kappa shape index (κ1) is 15.6. The van der Waals surface area contributed by atoms with E-state index >= 15 is 0 Å². The molecule has 0 spiro atoms. The van der Waals surface area contributed by atoms with Crippen LogP contribution in [0.15, 0.2) is 24.3 Å². The Kier molecular flexibility index (Phi) is 3.80. The molecule has 0 atom stereocenters. The second-order valence-corrected chi connectivity index (χ2v) is 7.54. The van der Waals surface area contributed by atoms with E-state index in [1.807, 2.05) is 19.1 Å². The largest absolute Gasteiger partial charge is 0.345 e. The molecular weight excluding hydrogens is 298 g/mol. The van der Waals surface area contributed by atoms with E-state index in [2.05, 4.69) is 17.4 Å². The summed E-state index contributed by atoms with van der Waals surface area (Å²) in [6.07, 6.45) is 6.60. The highest BCUT2D eigenvalue weighted by atomic mass is 16.1. The van der Waals surface area contributed by atoms with Crippen molar-refractivity contribution in [1.82, 2.24) is 10.3 Å². The van der Waals surface area contributed by atoms with Crippen molar-refractivity contribution in [2.75, 3.05) is 6.54 Å². The Morgan fingerprint density at radius 2 is 2.04 bits per heavy atom. The molecular formula is C20H25N3O. The van der Waals surface area contributed by atoms with Crippen LogP contribution in [-0.2, 0) is 0 Å². The van der Waals surface area contributed by atoms with Gasteiger partial charge in [0, 0.05) is 23.5 Å². The third-order valence-electron chi connectivity index (χ3n) is 5.55. The Bertz CT molecular complexity index is 789. The first-order chi connectivity index (χ1) is 11.6. The summed E-state index contributed by atoms with van der Waals surface area (Å²) >= 11 is 0. The van der Waals surface area contributed by atoms with E-state index < -0.39 is 0 Å². The molecule has 1 aromatic carbocycles. The zero-order valence-corrected chi connectivity index (χ0v) is 14.3. The van der Waals surface area contributed by atoms with Crippen molar-refractivity contribution in [2.24, 2.45) is 5.73 Å². The van der Waals surface area contributed by atoms with Gasteiger partial charge in [-0.15, -0.1) is 0 Å². The lowest BCUT2D eigenvalue weighted by atomic mass is 9.96. The number of aromatic nitrogens is 1. The predicted octanol–water partition coefficient (Wildman–Crippen LogP) is 3.42. The number of nitrogens with zero attached hydrogens (tertiary/aromatic N) is 1. The Morgan fingerprint density at radius 3 is 2.71 bits per heavy atom. The van der Waals surface area contributed by atoms with Crippen molar-refractivity contribution < 1.29 is 4.79 Å². The van der Waals surface area contributed by atoms with Crippen LogP contribution in [0.2, 0.25) is 0 Å². The van der Waals surface area contributed by atoms with E-state index in [1.165, 1.54) is 12.8 Å². The van der Waals surface area contributed by atoms with Gasteiger partial charge in [-0.1, -0.05) is 24.5 Å². The lowest BCUT2D eigenvalue weighted by molar-refractivity contribution is 0.0904. The van der Waals surface area contributed by atoms with Gasteiger partial charge in [-0.3, -0.25) is 9.78 Å². The van der Waals surface area contributed by atoms with Crippen LogP contribution in [0.1, 0.15) is 66.1 Å². The second-order valence-electron chi connectivity index (χ2n) is 7.54. The number of nitrogens with one attached hydrogen (secondary N) is 1. The normalized spacial score (nSPS) is 19.6. The molecule has 4 heteroatoms. The number of pyridine rings is 1. The molecule has 126 valence electrons. The summed E-state index contributed by atoms with van der Waals surface area (Å²) in [5.41, 5.74) is 9.65. The van der Waals surface area contributed by atoms with Gasteiger partial charge in [0.25, 0.3) is 5.91 Å². The number of hydrogen-bond acceptors (Lipinski definition) is 3. The van der Waals surface area contributed by atoms with Gasteiger partial charge in [0.1, 0.15) is 0 Å². The average Bonchev–Trinajstić information content (AvgIpc) is 3.34. The molecule has 4 rings (SSSR count). The van der Waals surface area contributed by atoms with Crippen LogP contribution < -0.4 is 11.1 Å². The summed E-state index contributed by atoms with van der Waals surface area (Å²) in [6.45, 7) is 2.56. The molecule has 0 unspecified atom stereocenters. The van der Waals surface area contributed by atoms with Gasteiger partial charge in [-0.25, -0.2) is 0 Å². The summed E-state index contributed by atoms with van der Waals surface area (Å²) in [7, 11) is 0. The maximum absolute atomic E-state index is 13.1. The fourth-order valence-corrected chi connectivity index (χ4v) is 3.88. The van der Waals surface area contributed by atoms with Gasteiger partial charge in [0.2, 0.25) is 0 Å². The van der Waals surface area contributed by atoms with Crippen LogP contribution >= 0.6 is 0 Å². The van der Waals surface area contributed by atoms with Crippen molar-refractivity contribution in [3.63, 3.8) is 0 Å². The summed E-state index contributed by atoms with van der Waals surface area (Å²) in [6, 6.07) is 8.17. The van der Waals surface area contributed by atoms with E-state index in [9.17, 15) is 4.79 Å². The molecule has 0 aliphatic heterocycles. The molecule has 0 radical (unpaired) electrons. The average molecular weight is 323 g/mol. The highest BCUT2D eigenvalue weighted by Gasteiger charge is 2.35. The number of aryl methyl sites for hydroxylation is 1. The summed E-state index contributed by atoms with van der Waals surface area (Å²) in [4.78, 5) is 17.9. The van der Waals surface area contributed by atoms with Crippen LogP contribution in [0.5, 0.6) is 0 Å². The number of amides is 1. The third-order valence-corrected chi connectivity index (χ3v) is 5.55. The van der Waals surface area contributed by atoms with Gasteiger partial charge in [-0.2, -0.15) is 0 Å². The maximum atomic E-state index is 13.1. The van der Waals surface area contributed by atoms with Crippen molar-refractivity contribution in [1.29, 1.82) is 0 Å². The number of carbonyl (C=O) groups excluding carboxylic acids is 1. The molecule has 4 nitrogen and oxygen atoms in total. The first-order valence-corrected chi connectivity index (χ1v) is 9.04. The van der Waals surface area contributed by atoms with Gasteiger partial charge in [-0.05, 0) is 50.8 Å². The number of rotatable bonds is 4. The number of hydrogen-bond donors (Lipinski definition) is 2. The molecule has 24 heavy (non-hydrogen) atoms. The molecule has 3 N–H and O–H groups in total. The van der Waals surface area contributed by atoms with E-state index in [0.29, 0.717) is 12.5 Å². The van der Waals surface area contributed by atoms with Crippen molar-refractivity contribution in [3.05, 3.63) is 41.1 Å². The Labute approximate surface area is 142 Å². The maximum Gasteiger partial charge on any atom is 0.252 e. The lowest BCUT2D eigenvalue weighted by Gasteiger charge is -2.29.